The molecule has 0 bridgehead atoms. The first kappa shape index (κ1) is 12.8. The van der Waals surface area contributed by atoms with Gasteiger partial charge in [0.1, 0.15) is 11.5 Å². The van der Waals surface area contributed by atoms with Crippen molar-refractivity contribution in [3.8, 4) is 5.75 Å². The van der Waals surface area contributed by atoms with Crippen molar-refractivity contribution in [3.05, 3.63) is 34.1 Å². The average molecular weight is 240 g/mol. The molecule has 0 aliphatic heterocycles. The van der Waals surface area contributed by atoms with Crippen molar-refractivity contribution >= 4 is 12.0 Å². The van der Waals surface area contributed by atoms with Crippen LogP contribution < -0.4 is 10.4 Å². The molecule has 6 nitrogen and oxygen atoms in total. The van der Waals surface area contributed by atoms with E-state index in [2.05, 4.69) is 4.74 Å². The number of carbonyl (C=O) groups is 1. The second-order valence-electron chi connectivity index (χ2n) is 2.97. The molecule has 0 spiro atoms. The lowest BCUT2D eigenvalue weighted by Crippen LogP contribution is -2.07. The molecule has 1 aromatic rings. The van der Waals surface area contributed by atoms with E-state index >= 15 is 0 Å². The van der Waals surface area contributed by atoms with Crippen LogP contribution in [0.4, 0.5) is 0 Å². The smallest absolute Gasteiger partial charge is 0.373 e. The SMILES string of the molecule is CCOC(=O)C(O)=Cc1cc(OC)cc(=O)o1. The van der Waals surface area contributed by atoms with Gasteiger partial charge in [-0.25, -0.2) is 9.59 Å². The third kappa shape index (κ3) is 3.67. The number of hydrogen-bond donors (Lipinski definition) is 1. The van der Waals surface area contributed by atoms with Crippen molar-refractivity contribution in [2.45, 2.75) is 6.92 Å². The topological polar surface area (TPSA) is 86.0 Å². The Morgan fingerprint density at radius 1 is 1.53 bits per heavy atom. The van der Waals surface area contributed by atoms with Crippen molar-refractivity contribution in [1.29, 1.82) is 0 Å². The van der Waals surface area contributed by atoms with E-state index in [4.69, 9.17) is 9.15 Å². The molecule has 0 saturated carbocycles. The monoisotopic (exact) mass is 240 g/mol. The summed E-state index contributed by atoms with van der Waals surface area (Å²) < 4.78 is 14.1. The Labute approximate surface area is 97.1 Å². The Morgan fingerprint density at radius 2 is 2.24 bits per heavy atom. The van der Waals surface area contributed by atoms with Crippen LogP contribution in [-0.4, -0.2) is 24.8 Å². The van der Waals surface area contributed by atoms with Crippen molar-refractivity contribution in [1.82, 2.24) is 0 Å². The minimum Gasteiger partial charge on any atom is -0.502 e. The highest BCUT2D eigenvalue weighted by Gasteiger charge is 2.09. The number of rotatable bonds is 4. The molecule has 1 aromatic heterocycles. The van der Waals surface area contributed by atoms with Gasteiger partial charge in [-0.3, -0.25) is 0 Å². The Morgan fingerprint density at radius 3 is 2.82 bits per heavy atom. The molecule has 1 rings (SSSR count). The maximum Gasteiger partial charge on any atom is 0.373 e. The molecule has 0 aliphatic rings. The van der Waals surface area contributed by atoms with Gasteiger partial charge in [0, 0.05) is 12.1 Å². The van der Waals surface area contributed by atoms with Crippen LogP contribution in [0, 0.1) is 0 Å². The van der Waals surface area contributed by atoms with Gasteiger partial charge in [0.25, 0.3) is 0 Å². The number of methoxy groups -OCH3 is 1. The fourth-order valence-corrected chi connectivity index (χ4v) is 1.06. The molecule has 0 amide bonds. The van der Waals surface area contributed by atoms with Gasteiger partial charge >= 0.3 is 11.6 Å². The van der Waals surface area contributed by atoms with E-state index in [1.807, 2.05) is 0 Å². The van der Waals surface area contributed by atoms with Crippen LogP contribution in [0.25, 0.3) is 6.08 Å². The number of aliphatic hydroxyl groups is 1. The van der Waals surface area contributed by atoms with Gasteiger partial charge in [-0.05, 0) is 6.92 Å². The molecule has 0 atom stereocenters. The first-order chi connectivity index (χ1) is 8.06. The molecule has 17 heavy (non-hydrogen) atoms. The maximum absolute atomic E-state index is 11.1. The molecule has 0 fully saturated rings. The van der Waals surface area contributed by atoms with Crippen LogP contribution in [0.2, 0.25) is 0 Å². The normalized spacial score (nSPS) is 11.1. The molecule has 0 radical (unpaired) electrons. The zero-order chi connectivity index (χ0) is 12.8. The van der Waals surface area contributed by atoms with Crippen LogP contribution >= 0.6 is 0 Å². The van der Waals surface area contributed by atoms with Crippen LogP contribution in [0.1, 0.15) is 12.7 Å². The Bertz CT molecular complexity index is 485. The fraction of sp³-hybridized carbons (Fsp3) is 0.273. The van der Waals surface area contributed by atoms with Gasteiger partial charge in [-0.15, -0.1) is 0 Å². The van der Waals surface area contributed by atoms with Gasteiger partial charge in [-0.1, -0.05) is 0 Å². The summed E-state index contributed by atoms with van der Waals surface area (Å²) in [7, 11) is 1.38. The third-order valence-electron chi connectivity index (χ3n) is 1.76. The molecule has 92 valence electrons. The standard InChI is InChI=1S/C11H12O6/c1-3-16-11(14)9(12)5-8-4-7(15-2)6-10(13)17-8/h4-6,12H,3H2,1-2H3. The second-order valence-corrected chi connectivity index (χ2v) is 2.97. The zero-order valence-corrected chi connectivity index (χ0v) is 9.43. The quantitative estimate of drug-likeness (QED) is 0.482. The highest BCUT2D eigenvalue weighted by Crippen LogP contribution is 2.12. The first-order valence-corrected chi connectivity index (χ1v) is 4.83. The van der Waals surface area contributed by atoms with E-state index < -0.39 is 17.4 Å². The lowest BCUT2D eigenvalue weighted by Gasteiger charge is -2.01. The van der Waals surface area contributed by atoms with E-state index in [9.17, 15) is 14.7 Å². The largest absolute Gasteiger partial charge is 0.502 e. The van der Waals surface area contributed by atoms with Crippen LogP contribution in [0.5, 0.6) is 5.75 Å². The third-order valence-corrected chi connectivity index (χ3v) is 1.76. The molecule has 1 N–H and O–H groups in total. The summed E-state index contributed by atoms with van der Waals surface area (Å²) in [5.74, 6) is -1.27. The summed E-state index contributed by atoms with van der Waals surface area (Å²) in [5, 5.41) is 9.34. The van der Waals surface area contributed by atoms with Crippen LogP contribution in [0.15, 0.2) is 27.1 Å². The first-order valence-electron chi connectivity index (χ1n) is 4.83. The Balaban J connectivity index is 3.01. The van der Waals surface area contributed by atoms with Gasteiger partial charge in [-0.2, -0.15) is 0 Å². The molecule has 0 saturated heterocycles. The lowest BCUT2D eigenvalue weighted by molar-refractivity contribution is -0.141. The van der Waals surface area contributed by atoms with E-state index in [1.165, 1.54) is 13.2 Å². The van der Waals surface area contributed by atoms with Gasteiger partial charge < -0.3 is 19.0 Å². The lowest BCUT2D eigenvalue weighted by atomic mass is 10.3. The summed E-state index contributed by atoms with van der Waals surface area (Å²) in [6.07, 6.45) is 0.988. The fourth-order valence-electron chi connectivity index (χ4n) is 1.06. The number of ether oxygens (including phenoxy) is 2. The van der Waals surface area contributed by atoms with E-state index in [0.717, 1.165) is 12.1 Å². The highest BCUT2D eigenvalue weighted by atomic mass is 16.5. The van der Waals surface area contributed by atoms with Gasteiger partial charge in [0.05, 0.1) is 19.8 Å². The molecule has 6 heteroatoms. The molecule has 0 aliphatic carbocycles. The Hall–Kier alpha value is -2.24. The summed E-state index contributed by atoms with van der Waals surface area (Å²) in [6, 6.07) is 2.50. The van der Waals surface area contributed by atoms with E-state index in [-0.39, 0.29) is 18.1 Å². The van der Waals surface area contributed by atoms with Gasteiger partial charge in [0.15, 0.2) is 0 Å². The van der Waals surface area contributed by atoms with Crippen molar-refractivity contribution in [2.75, 3.05) is 13.7 Å². The van der Waals surface area contributed by atoms with Crippen molar-refractivity contribution < 1.29 is 23.8 Å². The average Bonchev–Trinajstić information content (AvgIpc) is 2.28. The molecule has 1 heterocycles. The van der Waals surface area contributed by atoms with Crippen LogP contribution in [-0.2, 0) is 9.53 Å². The molecule has 0 aromatic carbocycles. The second kappa shape index (κ2) is 5.74. The molecular weight excluding hydrogens is 228 g/mol. The molecule has 0 unspecified atom stereocenters. The molecular formula is C11H12O6. The number of esters is 1. The van der Waals surface area contributed by atoms with Gasteiger partial charge in [0.2, 0.25) is 5.76 Å². The summed E-state index contributed by atoms with van der Waals surface area (Å²) >= 11 is 0. The zero-order valence-electron chi connectivity index (χ0n) is 9.43. The maximum atomic E-state index is 11.1. The van der Waals surface area contributed by atoms with Crippen molar-refractivity contribution in [3.63, 3.8) is 0 Å². The van der Waals surface area contributed by atoms with Crippen molar-refractivity contribution in [2.24, 2.45) is 0 Å². The number of aliphatic hydroxyl groups excluding tert-OH is 1. The summed E-state index contributed by atoms with van der Waals surface area (Å²) in [6.45, 7) is 1.75. The predicted octanol–water partition coefficient (Wildman–Crippen LogP) is 1.11. The number of hydrogen-bond acceptors (Lipinski definition) is 6. The van der Waals surface area contributed by atoms with E-state index in [0.29, 0.717) is 0 Å². The highest BCUT2D eigenvalue weighted by molar-refractivity contribution is 5.90. The predicted molar refractivity (Wildman–Crippen MR) is 58.8 cm³/mol. The minimum absolute atomic E-state index is 0.0000898. The number of carbonyl (C=O) groups excluding carboxylic acids is 1. The Kier molecular flexibility index (Phi) is 4.33. The van der Waals surface area contributed by atoms with Crippen LogP contribution in [0.3, 0.4) is 0 Å². The summed E-state index contributed by atoms with van der Waals surface area (Å²) in [4.78, 5) is 22.2. The minimum atomic E-state index is -0.891. The van der Waals surface area contributed by atoms with E-state index in [1.54, 1.807) is 6.92 Å². The summed E-state index contributed by atoms with van der Waals surface area (Å²) in [5.41, 5.74) is -0.646.